The summed E-state index contributed by atoms with van der Waals surface area (Å²) in [7, 11) is 0. The first-order chi connectivity index (χ1) is 14.6. The first kappa shape index (κ1) is 22.1. The molecule has 0 atom stereocenters. The van der Waals surface area contributed by atoms with Crippen molar-refractivity contribution in [3.63, 3.8) is 0 Å². The highest BCUT2D eigenvalue weighted by Crippen LogP contribution is 2.28. The van der Waals surface area contributed by atoms with E-state index in [0.29, 0.717) is 17.0 Å². The van der Waals surface area contributed by atoms with Crippen molar-refractivity contribution in [1.82, 2.24) is 25.1 Å². The minimum Gasteiger partial charge on any atom is -0.481 e. The maximum atomic E-state index is 14.7. The molecule has 0 saturated carbocycles. The molecule has 0 fully saturated rings. The zero-order valence-corrected chi connectivity index (χ0v) is 17.9. The number of aliphatic carboxylic acids is 1. The Morgan fingerprint density at radius 3 is 2.61 bits per heavy atom. The average Bonchev–Trinajstić information content (AvgIpc) is 3.13. The van der Waals surface area contributed by atoms with Gasteiger partial charge in [-0.2, -0.15) is 4.98 Å². The van der Waals surface area contributed by atoms with Crippen LogP contribution in [0.2, 0.25) is 0 Å². The number of pyridine rings is 2. The Labute approximate surface area is 178 Å². The van der Waals surface area contributed by atoms with E-state index in [2.05, 4.69) is 25.1 Å². The van der Waals surface area contributed by atoms with E-state index in [4.69, 9.17) is 9.47 Å². The maximum absolute atomic E-state index is 14.7. The quantitative estimate of drug-likeness (QED) is 0.556. The summed E-state index contributed by atoms with van der Waals surface area (Å²) >= 11 is 0. The lowest BCUT2D eigenvalue weighted by Crippen LogP contribution is -2.30. The third-order valence-corrected chi connectivity index (χ3v) is 4.43. The fourth-order valence-electron chi connectivity index (χ4n) is 2.60. The zero-order valence-electron chi connectivity index (χ0n) is 17.9. The van der Waals surface area contributed by atoms with E-state index < -0.39 is 17.2 Å². The molecule has 164 valence electrons. The molecule has 0 aliphatic rings. The third kappa shape index (κ3) is 5.14. The number of aromatic nitrogens is 5. The normalized spacial score (nSPS) is 11.6. The Kier molecular flexibility index (Phi) is 6.19. The maximum Gasteiger partial charge on any atom is 0.336 e. The predicted molar refractivity (Wildman–Crippen MR) is 110 cm³/mol. The Morgan fingerprint density at radius 1 is 1.26 bits per heavy atom. The van der Waals surface area contributed by atoms with Crippen LogP contribution in [0, 0.1) is 18.2 Å². The molecule has 2 N–H and O–H groups in total. The summed E-state index contributed by atoms with van der Waals surface area (Å²) in [6, 6.07) is 3.13. The van der Waals surface area contributed by atoms with Gasteiger partial charge in [-0.1, -0.05) is 0 Å². The summed E-state index contributed by atoms with van der Waals surface area (Å²) < 4.78 is 25.6. The second-order valence-electron chi connectivity index (χ2n) is 8.00. The molecule has 0 amide bonds. The number of halogens is 1. The number of carboxylic acids is 1. The van der Waals surface area contributed by atoms with E-state index in [1.54, 1.807) is 19.9 Å². The fourth-order valence-corrected chi connectivity index (χ4v) is 2.60. The highest BCUT2D eigenvalue weighted by molar-refractivity contribution is 5.73. The molecular formula is C21H24FN5O4. The molecule has 0 aliphatic heterocycles. The second-order valence-corrected chi connectivity index (χ2v) is 8.00. The Bertz CT molecular complexity index is 1100. The van der Waals surface area contributed by atoms with Gasteiger partial charge in [-0.15, -0.1) is 5.10 Å². The van der Waals surface area contributed by atoms with Gasteiger partial charge in [0, 0.05) is 29.6 Å². The number of hydrogen-bond donors (Lipinski definition) is 2. The number of H-pyrrole nitrogens is 1. The van der Waals surface area contributed by atoms with Crippen LogP contribution in [0.1, 0.15) is 33.3 Å². The fraction of sp³-hybridized carbons (Fsp3) is 0.381. The summed E-state index contributed by atoms with van der Waals surface area (Å²) in [6.07, 6.45) is 2.95. The minimum atomic E-state index is -1.04. The standard InChI is InChI=1S/C21H24FN5O4/c1-11(2)31-20-25-18(26-27-20)17-15(22)7-13(8-24-17)14-9-23-16(6-12(14)3)30-10-21(4,5)19(28)29/h6-9,11H,10H2,1-5H3,(H,28,29)(H,25,26,27). The number of carbonyl (C=O) groups is 1. The lowest BCUT2D eigenvalue weighted by molar-refractivity contribution is -0.148. The van der Waals surface area contributed by atoms with Crippen LogP contribution in [0.25, 0.3) is 22.6 Å². The largest absolute Gasteiger partial charge is 0.481 e. The van der Waals surface area contributed by atoms with Gasteiger partial charge < -0.3 is 14.6 Å². The Morgan fingerprint density at radius 2 is 2.00 bits per heavy atom. The summed E-state index contributed by atoms with van der Waals surface area (Å²) in [4.78, 5) is 23.7. The van der Waals surface area contributed by atoms with Crippen molar-refractivity contribution in [3.05, 3.63) is 35.9 Å². The zero-order chi connectivity index (χ0) is 22.8. The van der Waals surface area contributed by atoms with Gasteiger partial charge in [0.25, 0.3) is 0 Å². The van der Waals surface area contributed by atoms with E-state index >= 15 is 0 Å². The summed E-state index contributed by atoms with van der Waals surface area (Å²) in [5.41, 5.74) is 0.958. The third-order valence-electron chi connectivity index (χ3n) is 4.43. The number of aromatic amines is 1. The molecule has 0 bridgehead atoms. The van der Waals surface area contributed by atoms with Gasteiger partial charge >= 0.3 is 12.0 Å². The average molecular weight is 429 g/mol. The van der Waals surface area contributed by atoms with E-state index in [-0.39, 0.29) is 30.2 Å². The summed E-state index contributed by atoms with van der Waals surface area (Å²) in [5.74, 6) is -1.08. The van der Waals surface area contributed by atoms with Crippen LogP contribution in [0.4, 0.5) is 4.39 Å². The first-order valence-corrected chi connectivity index (χ1v) is 9.65. The number of ether oxygens (including phenoxy) is 2. The minimum absolute atomic E-state index is 0.0244. The summed E-state index contributed by atoms with van der Waals surface area (Å²) in [6.45, 7) is 8.60. The van der Waals surface area contributed by atoms with Crippen LogP contribution in [0.5, 0.6) is 11.9 Å². The van der Waals surface area contributed by atoms with Crippen molar-refractivity contribution < 1.29 is 23.8 Å². The van der Waals surface area contributed by atoms with Gasteiger partial charge in [0.2, 0.25) is 5.88 Å². The molecule has 3 aromatic heterocycles. The smallest absolute Gasteiger partial charge is 0.336 e. The van der Waals surface area contributed by atoms with Crippen molar-refractivity contribution in [1.29, 1.82) is 0 Å². The van der Waals surface area contributed by atoms with Gasteiger partial charge in [-0.3, -0.25) is 9.89 Å². The molecule has 0 aliphatic carbocycles. The van der Waals surface area contributed by atoms with Crippen molar-refractivity contribution in [2.24, 2.45) is 5.41 Å². The molecule has 3 heterocycles. The van der Waals surface area contributed by atoms with Crippen LogP contribution >= 0.6 is 0 Å². The van der Waals surface area contributed by atoms with E-state index in [1.165, 1.54) is 18.5 Å². The van der Waals surface area contributed by atoms with E-state index in [0.717, 1.165) is 5.56 Å². The van der Waals surface area contributed by atoms with Gasteiger partial charge in [-0.25, -0.2) is 14.4 Å². The molecule has 0 saturated heterocycles. The van der Waals surface area contributed by atoms with Gasteiger partial charge in [0.1, 0.15) is 12.3 Å². The number of nitrogens with zero attached hydrogens (tertiary/aromatic N) is 4. The van der Waals surface area contributed by atoms with Gasteiger partial charge in [0.15, 0.2) is 11.6 Å². The highest BCUT2D eigenvalue weighted by Gasteiger charge is 2.28. The molecule has 9 nitrogen and oxygen atoms in total. The van der Waals surface area contributed by atoms with E-state index in [1.807, 2.05) is 20.8 Å². The van der Waals surface area contributed by atoms with Gasteiger partial charge in [0.05, 0.1) is 11.5 Å². The van der Waals surface area contributed by atoms with Crippen LogP contribution in [0.15, 0.2) is 24.5 Å². The topological polar surface area (TPSA) is 123 Å². The molecular weight excluding hydrogens is 405 g/mol. The van der Waals surface area contributed by atoms with Crippen LogP contribution in [0.3, 0.4) is 0 Å². The van der Waals surface area contributed by atoms with Crippen LogP contribution in [-0.4, -0.2) is 48.9 Å². The van der Waals surface area contributed by atoms with Gasteiger partial charge in [-0.05, 0) is 46.2 Å². The van der Waals surface area contributed by atoms with Crippen molar-refractivity contribution >= 4 is 5.97 Å². The molecule has 0 radical (unpaired) electrons. The molecule has 0 aromatic carbocycles. The second kappa shape index (κ2) is 8.66. The van der Waals surface area contributed by atoms with Crippen LogP contribution < -0.4 is 9.47 Å². The first-order valence-electron chi connectivity index (χ1n) is 9.65. The highest BCUT2D eigenvalue weighted by atomic mass is 19.1. The summed E-state index contributed by atoms with van der Waals surface area (Å²) in [5, 5.41) is 15.7. The number of carboxylic acid groups (broad SMARTS) is 1. The lowest BCUT2D eigenvalue weighted by atomic mass is 9.95. The Balaban J connectivity index is 1.79. The number of nitrogens with one attached hydrogen (secondary N) is 1. The molecule has 3 aromatic rings. The molecule has 31 heavy (non-hydrogen) atoms. The monoisotopic (exact) mass is 429 g/mol. The van der Waals surface area contributed by atoms with Crippen LogP contribution in [-0.2, 0) is 4.79 Å². The SMILES string of the molecule is Cc1cc(OCC(C)(C)C(=O)O)ncc1-c1cnc(-c2nc(OC(C)C)n[nH]2)c(F)c1. The Hall–Kier alpha value is -3.56. The molecule has 0 unspecified atom stereocenters. The number of hydrogen-bond acceptors (Lipinski definition) is 7. The number of aryl methyl sites for hydroxylation is 1. The van der Waals surface area contributed by atoms with E-state index in [9.17, 15) is 14.3 Å². The number of rotatable bonds is 8. The molecule has 10 heteroatoms. The lowest BCUT2D eigenvalue weighted by Gasteiger charge is -2.19. The van der Waals surface area contributed by atoms with Crippen molar-refractivity contribution in [2.45, 2.75) is 40.7 Å². The van der Waals surface area contributed by atoms with Crippen molar-refractivity contribution in [3.8, 4) is 34.5 Å². The molecule has 3 rings (SSSR count). The predicted octanol–water partition coefficient (Wildman–Crippen LogP) is 3.65. The van der Waals surface area contributed by atoms with Crippen molar-refractivity contribution in [2.75, 3.05) is 6.61 Å². The molecule has 0 spiro atoms.